The molecule has 1 aromatic carbocycles. The number of aromatic nitrogens is 2. The lowest BCUT2D eigenvalue weighted by atomic mass is 9.97. The third-order valence-corrected chi connectivity index (χ3v) is 5.30. The van der Waals surface area contributed by atoms with E-state index in [1.165, 1.54) is 16.7 Å². The van der Waals surface area contributed by atoms with Crippen LogP contribution in [0.25, 0.3) is 5.57 Å². The van der Waals surface area contributed by atoms with Gasteiger partial charge in [0.15, 0.2) is 0 Å². The zero-order valence-electron chi connectivity index (χ0n) is 16.3. The number of nitrogens with one attached hydrogen (secondary N) is 3. The molecule has 27 heavy (non-hydrogen) atoms. The Morgan fingerprint density at radius 3 is 2.89 bits per heavy atom. The number of allylic oxidation sites excluding steroid dienone is 1. The first-order chi connectivity index (χ1) is 13.2. The molecule has 0 atom stereocenters. The molecule has 0 radical (unpaired) electrons. The minimum absolute atomic E-state index is 0.615. The summed E-state index contributed by atoms with van der Waals surface area (Å²) in [4.78, 5) is 9.22. The van der Waals surface area contributed by atoms with Crippen molar-refractivity contribution in [2.45, 2.75) is 33.1 Å². The van der Waals surface area contributed by atoms with Crippen molar-refractivity contribution in [2.24, 2.45) is 0 Å². The van der Waals surface area contributed by atoms with Crippen LogP contribution in [-0.2, 0) is 6.42 Å². The molecule has 2 aliphatic rings. The molecule has 3 N–H and O–H groups in total. The van der Waals surface area contributed by atoms with Crippen LogP contribution >= 0.6 is 0 Å². The second-order valence-electron chi connectivity index (χ2n) is 7.13. The Balaban J connectivity index is 1.71. The lowest BCUT2D eigenvalue weighted by molar-refractivity contribution is 0.356. The minimum atomic E-state index is 0.615. The molecule has 4 rings (SSSR count). The second kappa shape index (κ2) is 7.56. The van der Waals surface area contributed by atoms with Crippen LogP contribution < -0.4 is 20.7 Å². The molecular weight excluding hydrogens is 338 g/mol. The number of fused-ring (bicyclic) bond motifs is 1. The zero-order valence-corrected chi connectivity index (χ0v) is 16.3. The fraction of sp³-hybridized carbons (Fsp3) is 0.429. The summed E-state index contributed by atoms with van der Waals surface area (Å²) in [5.41, 5.74) is 6.87. The molecule has 0 spiro atoms. The van der Waals surface area contributed by atoms with Crippen LogP contribution in [0.3, 0.4) is 0 Å². The summed E-state index contributed by atoms with van der Waals surface area (Å²) in [5.74, 6) is 2.52. The maximum Gasteiger partial charge on any atom is 0.229 e. The number of benzene rings is 1. The van der Waals surface area contributed by atoms with Gasteiger partial charge in [0.1, 0.15) is 11.6 Å². The summed E-state index contributed by atoms with van der Waals surface area (Å²) < 4.78 is 5.97. The molecule has 0 amide bonds. The van der Waals surface area contributed by atoms with Crippen molar-refractivity contribution in [3.63, 3.8) is 0 Å². The summed E-state index contributed by atoms with van der Waals surface area (Å²) in [6.07, 6.45) is 5.44. The normalized spacial score (nSPS) is 16.2. The Morgan fingerprint density at radius 2 is 2.04 bits per heavy atom. The number of nitrogens with zero attached hydrogens (tertiary/aromatic N) is 2. The highest BCUT2D eigenvalue weighted by Gasteiger charge is 2.21. The summed E-state index contributed by atoms with van der Waals surface area (Å²) in [6, 6.07) is 4.35. The van der Waals surface area contributed by atoms with Gasteiger partial charge in [-0.1, -0.05) is 6.08 Å². The number of hydrogen-bond donors (Lipinski definition) is 3. The predicted octanol–water partition coefficient (Wildman–Crippen LogP) is 3.58. The second-order valence-corrected chi connectivity index (χ2v) is 7.13. The molecule has 3 heterocycles. The molecule has 142 valence electrons. The summed E-state index contributed by atoms with van der Waals surface area (Å²) >= 11 is 0. The largest absolute Gasteiger partial charge is 0.492 e. The van der Waals surface area contributed by atoms with Crippen LogP contribution in [0.5, 0.6) is 5.75 Å². The number of anilines is 3. The van der Waals surface area contributed by atoms with Gasteiger partial charge in [0.05, 0.1) is 6.61 Å². The van der Waals surface area contributed by atoms with E-state index in [9.17, 15) is 0 Å². The molecule has 1 aromatic heterocycles. The van der Waals surface area contributed by atoms with Crippen molar-refractivity contribution in [3.8, 4) is 5.75 Å². The van der Waals surface area contributed by atoms with Gasteiger partial charge in [-0.25, -0.2) is 4.98 Å². The first-order valence-electron chi connectivity index (χ1n) is 9.65. The first-order valence-corrected chi connectivity index (χ1v) is 9.65. The van der Waals surface area contributed by atoms with Gasteiger partial charge >= 0.3 is 0 Å². The van der Waals surface area contributed by atoms with E-state index in [4.69, 9.17) is 4.74 Å². The Bertz CT molecular complexity index is 891. The zero-order chi connectivity index (χ0) is 18.8. The van der Waals surface area contributed by atoms with Crippen molar-refractivity contribution < 1.29 is 4.74 Å². The highest BCUT2D eigenvalue weighted by atomic mass is 16.5. The molecule has 2 aromatic rings. The fourth-order valence-corrected chi connectivity index (χ4v) is 3.72. The van der Waals surface area contributed by atoms with E-state index in [1.807, 2.05) is 20.9 Å². The van der Waals surface area contributed by atoms with Gasteiger partial charge in [-0.3, -0.25) is 0 Å². The first kappa shape index (κ1) is 17.8. The topological polar surface area (TPSA) is 71.1 Å². The summed E-state index contributed by atoms with van der Waals surface area (Å²) in [5, 5.41) is 9.99. The van der Waals surface area contributed by atoms with E-state index in [2.05, 4.69) is 44.1 Å². The third kappa shape index (κ3) is 3.62. The Labute approximate surface area is 160 Å². The lowest BCUT2D eigenvalue weighted by Gasteiger charge is -2.15. The van der Waals surface area contributed by atoms with Gasteiger partial charge in [0.25, 0.3) is 0 Å². The van der Waals surface area contributed by atoms with Crippen LogP contribution in [0.4, 0.5) is 17.5 Å². The number of ether oxygens (including phenoxy) is 1. The minimum Gasteiger partial charge on any atom is -0.492 e. The highest BCUT2D eigenvalue weighted by molar-refractivity contribution is 5.77. The molecule has 0 unspecified atom stereocenters. The standard InChI is InChI=1S/C21H27N5O/c1-13-14(2)24-21(26-20(13)22-3)25-17-11-16-7-10-27-19(16)18(12-17)15-5-4-8-23-9-6-15/h6,11-12,23H,4-5,7-10H2,1-3H3,(H2,22,24,25,26). The maximum absolute atomic E-state index is 5.97. The average molecular weight is 365 g/mol. The number of rotatable bonds is 4. The van der Waals surface area contributed by atoms with Gasteiger partial charge in [0, 0.05) is 48.1 Å². The van der Waals surface area contributed by atoms with E-state index in [0.29, 0.717) is 5.95 Å². The quantitative estimate of drug-likeness (QED) is 0.769. The predicted molar refractivity (Wildman–Crippen MR) is 110 cm³/mol. The van der Waals surface area contributed by atoms with Gasteiger partial charge in [-0.05, 0) is 50.9 Å². The van der Waals surface area contributed by atoms with E-state index in [-0.39, 0.29) is 0 Å². The Hall–Kier alpha value is -2.60. The molecule has 6 nitrogen and oxygen atoms in total. The third-order valence-electron chi connectivity index (χ3n) is 5.30. The lowest BCUT2D eigenvalue weighted by Crippen LogP contribution is -2.12. The average Bonchev–Trinajstić information content (AvgIpc) is 2.96. The van der Waals surface area contributed by atoms with Crippen LogP contribution in [0.2, 0.25) is 0 Å². The van der Waals surface area contributed by atoms with Crippen LogP contribution in [0, 0.1) is 13.8 Å². The maximum atomic E-state index is 5.97. The fourth-order valence-electron chi connectivity index (χ4n) is 3.72. The molecule has 2 aliphatic heterocycles. The van der Waals surface area contributed by atoms with Crippen LogP contribution in [-0.4, -0.2) is 36.7 Å². The van der Waals surface area contributed by atoms with Gasteiger partial charge in [-0.2, -0.15) is 4.98 Å². The molecule has 0 aliphatic carbocycles. The number of aryl methyl sites for hydroxylation is 1. The molecule has 0 bridgehead atoms. The van der Waals surface area contributed by atoms with E-state index in [1.54, 1.807) is 0 Å². The SMILES string of the molecule is CNc1nc(Nc2cc3c(c(C4=CCNCCC4)c2)OCC3)nc(C)c1C. The van der Waals surface area contributed by atoms with Crippen molar-refractivity contribution in [2.75, 3.05) is 37.4 Å². The molecule has 6 heteroatoms. The molecule has 0 fully saturated rings. The van der Waals surface area contributed by atoms with Crippen LogP contribution in [0.15, 0.2) is 18.2 Å². The molecule has 0 saturated heterocycles. The van der Waals surface area contributed by atoms with Crippen molar-refractivity contribution in [1.82, 2.24) is 15.3 Å². The van der Waals surface area contributed by atoms with E-state index >= 15 is 0 Å². The van der Waals surface area contributed by atoms with Crippen molar-refractivity contribution in [3.05, 3.63) is 40.6 Å². The molecular formula is C21H27N5O. The Kier molecular flexibility index (Phi) is 4.99. The highest BCUT2D eigenvalue weighted by Crippen LogP contribution is 2.39. The summed E-state index contributed by atoms with van der Waals surface area (Å²) in [6.45, 7) is 6.76. The Morgan fingerprint density at radius 1 is 1.15 bits per heavy atom. The smallest absolute Gasteiger partial charge is 0.229 e. The van der Waals surface area contributed by atoms with Gasteiger partial charge < -0.3 is 20.7 Å². The number of hydrogen-bond acceptors (Lipinski definition) is 6. The van der Waals surface area contributed by atoms with E-state index in [0.717, 1.165) is 67.5 Å². The van der Waals surface area contributed by atoms with Gasteiger partial charge in [-0.15, -0.1) is 0 Å². The van der Waals surface area contributed by atoms with E-state index < -0.39 is 0 Å². The summed E-state index contributed by atoms with van der Waals surface area (Å²) in [7, 11) is 1.88. The molecule has 0 saturated carbocycles. The monoisotopic (exact) mass is 365 g/mol. The van der Waals surface area contributed by atoms with Crippen LogP contribution in [0.1, 0.15) is 35.2 Å². The van der Waals surface area contributed by atoms with Crippen molar-refractivity contribution in [1.29, 1.82) is 0 Å². The van der Waals surface area contributed by atoms with Gasteiger partial charge in [0.2, 0.25) is 5.95 Å². The van der Waals surface area contributed by atoms with Crippen molar-refractivity contribution >= 4 is 23.0 Å².